The highest BCUT2D eigenvalue weighted by molar-refractivity contribution is 5.73. The summed E-state index contributed by atoms with van der Waals surface area (Å²) in [5, 5.41) is 10.7. The molecule has 0 heterocycles. The van der Waals surface area contributed by atoms with Gasteiger partial charge in [-0.2, -0.15) is 0 Å². The number of hydrogen-bond donors (Lipinski definition) is 0. The minimum atomic E-state index is -0.677. The molecule has 0 aromatic heterocycles. The molecule has 0 fully saturated rings. The Bertz CT molecular complexity index is 485. The first-order chi connectivity index (χ1) is 8.54. The number of nitrogens with zero attached hydrogens (tertiary/aromatic N) is 1. The Hall–Kier alpha value is -2.24. The van der Waals surface area contributed by atoms with Gasteiger partial charge in [-0.25, -0.2) is 4.39 Å². The molecule has 96 valence electrons. The smallest absolute Gasteiger partial charge is 0.309 e. The third-order valence-electron chi connectivity index (χ3n) is 2.08. The van der Waals surface area contributed by atoms with E-state index in [4.69, 9.17) is 4.74 Å². The van der Waals surface area contributed by atoms with Crippen molar-refractivity contribution in [1.82, 2.24) is 0 Å². The maximum absolute atomic E-state index is 12.9. The van der Waals surface area contributed by atoms with E-state index in [0.717, 1.165) is 12.1 Å². The molecule has 0 saturated carbocycles. The van der Waals surface area contributed by atoms with Crippen molar-refractivity contribution in [2.24, 2.45) is 0 Å². The number of halogens is 1. The molecule has 0 bridgehead atoms. The topological polar surface area (TPSA) is 69.4 Å². The lowest BCUT2D eigenvalue weighted by atomic mass is 10.1. The quantitative estimate of drug-likeness (QED) is 0.459. The van der Waals surface area contributed by atoms with Gasteiger partial charge in [-0.05, 0) is 19.1 Å². The molecule has 18 heavy (non-hydrogen) atoms. The number of carbonyl (C=O) groups excluding carboxylic acids is 1. The zero-order valence-corrected chi connectivity index (χ0v) is 9.76. The lowest BCUT2D eigenvalue weighted by Crippen LogP contribution is -2.01. The number of ether oxygens (including phenoxy) is 1. The van der Waals surface area contributed by atoms with Crippen molar-refractivity contribution in [3.05, 3.63) is 45.8 Å². The molecule has 0 spiro atoms. The highest BCUT2D eigenvalue weighted by Crippen LogP contribution is 2.21. The van der Waals surface area contributed by atoms with E-state index in [9.17, 15) is 19.3 Å². The number of benzene rings is 1. The molecule has 0 radical (unpaired) electrons. The Morgan fingerprint density at radius 2 is 2.28 bits per heavy atom. The molecule has 0 atom stereocenters. The van der Waals surface area contributed by atoms with Crippen LogP contribution in [0.1, 0.15) is 18.9 Å². The van der Waals surface area contributed by atoms with Crippen LogP contribution < -0.4 is 0 Å². The third kappa shape index (κ3) is 3.97. The Balaban J connectivity index is 2.81. The van der Waals surface area contributed by atoms with Gasteiger partial charge in [0, 0.05) is 0 Å². The maximum atomic E-state index is 12.9. The molecule has 0 saturated heterocycles. The van der Waals surface area contributed by atoms with Crippen molar-refractivity contribution in [2.75, 3.05) is 6.61 Å². The van der Waals surface area contributed by atoms with Gasteiger partial charge in [0.05, 0.1) is 29.6 Å². The Morgan fingerprint density at radius 1 is 1.56 bits per heavy atom. The second kappa shape index (κ2) is 6.48. The molecule has 0 N–H and O–H groups in total. The lowest BCUT2D eigenvalue weighted by Gasteiger charge is -1.98. The SMILES string of the molecule is CCOC(=O)CC=Cc1ccc(F)cc1[N+](=O)[O-]. The molecule has 5 nitrogen and oxygen atoms in total. The summed E-state index contributed by atoms with van der Waals surface area (Å²) in [5.41, 5.74) is -0.0965. The third-order valence-corrected chi connectivity index (χ3v) is 2.08. The van der Waals surface area contributed by atoms with Crippen LogP contribution >= 0.6 is 0 Å². The summed E-state index contributed by atoms with van der Waals surface area (Å²) in [6.07, 6.45) is 2.86. The number of esters is 1. The fraction of sp³-hybridized carbons (Fsp3) is 0.250. The van der Waals surface area contributed by atoms with Gasteiger partial charge in [0.1, 0.15) is 5.82 Å². The standard InChI is InChI=1S/C12H12FNO4/c1-2-18-12(15)5-3-4-9-6-7-10(13)8-11(9)14(16)17/h3-4,6-8H,2,5H2,1H3. The van der Waals surface area contributed by atoms with Crippen molar-refractivity contribution in [3.63, 3.8) is 0 Å². The highest BCUT2D eigenvalue weighted by Gasteiger charge is 2.12. The summed E-state index contributed by atoms with van der Waals surface area (Å²) in [7, 11) is 0. The second-order valence-corrected chi connectivity index (χ2v) is 3.37. The van der Waals surface area contributed by atoms with Crippen LogP contribution in [0.25, 0.3) is 6.08 Å². The molecule has 6 heteroatoms. The first kappa shape index (κ1) is 13.8. The predicted molar refractivity (Wildman–Crippen MR) is 63.3 cm³/mol. The number of nitro groups is 1. The van der Waals surface area contributed by atoms with Gasteiger partial charge >= 0.3 is 5.97 Å². The van der Waals surface area contributed by atoms with Gasteiger partial charge < -0.3 is 4.74 Å². The number of rotatable bonds is 5. The summed E-state index contributed by atoms with van der Waals surface area (Å²) in [5.74, 6) is -1.09. The van der Waals surface area contributed by atoms with E-state index in [1.165, 1.54) is 18.2 Å². The predicted octanol–water partition coefficient (Wildman–Crippen LogP) is 2.70. The van der Waals surface area contributed by atoms with E-state index in [2.05, 4.69) is 0 Å². The minimum absolute atomic E-state index is 0.0162. The number of nitro benzene ring substituents is 1. The van der Waals surface area contributed by atoms with Crippen LogP contribution in [-0.2, 0) is 9.53 Å². The van der Waals surface area contributed by atoms with Gasteiger partial charge in [-0.3, -0.25) is 14.9 Å². The number of hydrogen-bond acceptors (Lipinski definition) is 4. The lowest BCUT2D eigenvalue weighted by molar-refractivity contribution is -0.385. The van der Waals surface area contributed by atoms with Crippen molar-refractivity contribution < 1.29 is 18.8 Å². The Morgan fingerprint density at radius 3 is 2.89 bits per heavy atom. The Labute approximate surface area is 103 Å². The zero-order valence-electron chi connectivity index (χ0n) is 9.76. The minimum Gasteiger partial charge on any atom is -0.466 e. The van der Waals surface area contributed by atoms with E-state index in [1.807, 2.05) is 0 Å². The van der Waals surface area contributed by atoms with Crippen molar-refractivity contribution in [2.45, 2.75) is 13.3 Å². The molecule has 0 aliphatic rings. The van der Waals surface area contributed by atoms with E-state index >= 15 is 0 Å². The van der Waals surface area contributed by atoms with Gasteiger partial charge in [-0.15, -0.1) is 0 Å². The van der Waals surface area contributed by atoms with Crippen LogP contribution in [0.15, 0.2) is 24.3 Å². The maximum Gasteiger partial charge on any atom is 0.309 e. The molecule has 0 amide bonds. The average Bonchev–Trinajstić information content (AvgIpc) is 2.31. The van der Waals surface area contributed by atoms with Crippen LogP contribution in [0.2, 0.25) is 0 Å². The summed E-state index contributed by atoms with van der Waals surface area (Å²) >= 11 is 0. The second-order valence-electron chi connectivity index (χ2n) is 3.37. The van der Waals surface area contributed by atoms with Gasteiger partial charge in [0.2, 0.25) is 0 Å². The first-order valence-electron chi connectivity index (χ1n) is 5.30. The highest BCUT2D eigenvalue weighted by atomic mass is 19.1. The summed E-state index contributed by atoms with van der Waals surface area (Å²) in [6.45, 7) is 1.97. The first-order valence-corrected chi connectivity index (χ1v) is 5.30. The molecule has 0 aliphatic carbocycles. The van der Waals surface area contributed by atoms with Gasteiger partial charge in [-0.1, -0.05) is 12.2 Å². The van der Waals surface area contributed by atoms with E-state index in [0.29, 0.717) is 0 Å². The molecule has 1 rings (SSSR count). The molecule has 1 aromatic rings. The molecular formula is C12H12FNO4. The van der Waals surface area contributed by atoms with Crippen molar-refractivity contribution >= 4 is 17.7 Å². The fourth-order valence-electron chi connectivity index (χ4n) is 1.32. The van der Waals surface area contributed by atoms with E-state index in [1.54, 1.807) is 6.92 Å². The van der Waals surface area contributed by atoms with Crippen LogP contribution in [-0.4, -0.2) is 17.5 Å². The molecule has 0 unspecified atom stereocenters. The van der Waals surface area contributed by atoms with Gasteiger partial charge in [0.15, 0.2) is 0 Å². The summed E-state index contributed by atoms with van der Waals surface area (Å²) in [4.78, 5) is 21.1. The normalized spacial score (nSPS) is 10.6. The van der Waals surface area contributed by atoms with E-state index < -0.39 is 16.7 Å². The van der Waals surface area contributed by atoms with Crippen molar-refractivity contribution in [1.29, 1.82) is 0 Å². The van der Waals surface area contributed by atoms with E-state index in [-0.39, 0.29) is 24.3 Å². The van der Waals surface area contributed by atoms with Crippen LogP contribution in [0.5, 0.6) is 0 Å². The average molecular weight is 253 g/mol. The Kier molecular flexibility index (Phi) is 4.98. The molecule has 0 aliphatic heterocycles. The number of carbonyl (C=O) groups is 1. The summed E-state index contributed by atoms with van der Waals surface area (Å²) < 4.78 is 17.5. The van der Waals surface area contributed by atoms with Gasteiger partial charge in [0.25, 0.3) is 5.69 Å². The zero-order chi connectivity index (χ0) is 13.5. The monoisotopic (exact) mass is 253 g/mol. The summed E-state index contributed by atoms with van der Waals surface area (Å²) in [6, 6.07) is 3.25. The van der Waals surface area contributed by atoms with Crippen molar-refractivity contribution in [3.8, 4) is 0 Å². The molecular weight excluding hydrogens is 241 g/mol. The largest absolute Gasteiger partial charge is 0.466 e. The van der Waals surface area contributed by atoms with Crippen LogP contribution in [0.3, 0.4) is 0 Å². The van der Waals surface area contributed by atoms with Crippen LogP contribution in [0.4, 0.5) is 10.1 Å². The molecule has 1 aromatic carbocycles. The van der Waals surface area contributed by atoms with Crippen LogP contribution in [0, 0.1) is 15.9 Å². The fourth-order valence-corrected chi connectivity index (χ4v) is 1.32.